The third kappa shape index (κ3) is 7.15. The van der Waals surface area contributed by atoms with Gasteiger partial charge < -0.3 is 20.3 Å². The fourth-order valence-corrected chi connectivity index (χ4v) is 2.71. The zero-order valence-electron chi connectivity index (χ0n) is 12.8. The third-order valence-electron chi connectivity index (χ3n) is 3.98. The van der Waals surface area contributed by atoms with Crippen LogP contribution in [0.5, 0.6) is 0 Å². The van der Waals surface area contributed by atoms with Gasteiger partial charge in [0.05, 0.1) is 6.61 Å². The van der Waals surface area contributed by atoms with Crippen LogP contribution in [0.15, 0.2) is 0 Å². The Morgan fingerprint density at radius 2 is 2.05 bits per heavy atom. The average molecular weight is 342 g/mol. The summed E-state index contributed by atoms with van der Waals surface area (Å²) in [5.41, 5.74) is 0. The van der Waals surface area contributed by atoms with Gasteiger partial charge in [-0.1, -0.05) is 13.3 Å². The van der Waals surface area contributed by atoms with Crippen molar-refractivity contribution in [2.24, 2.45) is 0 Å². The topological polar surface area (TPSA) is 53.6 Å². The van der Waals surface area contributed by atoms with Crippen LogP contribution in [0.2, 0.25) is 0 Å². The van der Waals surface area contributed by atoms with Crippen LogP contribution in [0, 0.1) is 0 Å². The Balaban J connectivity index is 0.00000200. The number of amides is 1. The van der Waals surface area contributed by atoms with Crippen LogP contribution in [0.25, 0.3) is 0 Å². The van der Waals surface area contributed by atoms with E-state index in [0.29, 0.717) is 19.2 Å². The van der Waals surface area contributed by atoms with E-state index in [0.717, 1.165) is 32.5 Å². The zero-order valence-corrected chi connectivity index (χ0v) is 14.4. The highest BCUT2D eigenvalue weighted by molar-refractivity contribution is 5.85. The van der Waals surface area contributed by atoms with Gasteiger partial charge in [0.1, 0.15) is 6.10 Å². The Labute approximate surface area is 140 Å². The van der Waals surface area contributed by atoms with Crippen LogP contribution >= 0.6 is 24.8 Å². The van der Waals surface area contributed by atoms with E-state index in [1.165, 1.54) is 19.4 Å². The number of nitrogens with one attached hydrogen (secondary N) is 2. The molecule has 0 spiro atoms. The smallest absolute Gasteiger partial charge is 0.250 e. The molecule has 0 aromatic rings. The highest BCUT2D eigenvalue weighted by atomic mass is 35.5. The summed E-state index contributed by atoms with van der Waals surface area (Å²) in [4.78, 5) is 14.5. The molecule has 1 unspecified atom stereocenters. The fourth-order valence-electron chi connectivity index (χ4n) is 2.71. The second-order valence-corrected chi connectivity index (χ2v) is 5.54. The highest BCUT2D eigenvalue weighted by Gasteiger charge is 2.26. The maximum atomic E-state index is 12.0. The Morgan fingerprint density at radius 1 is 1.33 bits per heavy atom. The molecule has 126 valence electrons. The predicted molar refractivity (Wildman–Crippen MR) is 89.6 cm³/mol. The number of likely N-dealkylation sites (tertiary alicyclic amines) is 1. The molecule has 0 bridgehead atoms. The van der Waals surface area contributed by atoms with Crippen molar-refractivity contribution in [2.45, 2.75) is 44.8 Å². The number of piperidine rings is 1. The Bertz CT molecular complexity index is 281. The summed E-state index contributed by atoms with van der Waals surface area (Å²) in [6.45, 7) is 7.76. The van der Waals surface area contributed by atoms with Crippen molar-refractivity contribution in [3.8, 4) is 0 Å². The minimum absolute atomic E-state index is 0. The van der Waals surface area contributed by atoms with Crippen molar-refractivity contribution in [3.63, 3.8) is 0 Å². The van der Waals surface area contributed by atoms with Crippen molar-refractivity contribution < 1.29 is 9.53 Å². The third-order valence-corrected chi connectivity index (χ3v) is 3.98. The van der Waals surface area contributed by atoms with Gasteiger partial charge in [0, 0.05) is 32.2 Å². The lowest BCUT2D eigenvalue weighted by atomic mass is 10.0. The quantitative estimate of drug-likeness (QED) is 0.788. The summed E-state index contributed by atoms with van der Waals surface area (Å²) in [6.07, 6.45) is 4.36. The van der Waals surface area contributed by atoms with E-state index in [1.807, 2.05) is 0 Å². The summed E-state index contributed by atoms with van der Waals surface area (Å²) in [5, 5.41) is 6.32. The Morgan fingerprint density at radius 3 is 2.62 bits per heavy atom. The number of hydrogen-bond donors (Lipinski definition) is 2. The van der Waals surface area contributed by atoms with Gasteiger partial charge in [-0.3, -0.25) is 4.79 Å². The molecule has 2 aliphatic rings. The fraction of sp³-hybridized carbons (Fsp3) is 0.929. The van der Waals surface area contributed by atoms with Crippen molar-refractivity contribution in [1.82, 2.24) is 15.5 Å². The van der Waals surface area contributed by atoms with Crippen molar-refractivity contribution in [1.29, 1.82) is 0 Å². The number of ether oxygens (including phenoxy) is 1. The molecule has 1 atom stereocenters. The summed E-state index contributed by atoms with van der Waals surface area (Å²) < 4.78 is 5.47. The molecule has 0 radical (unpaired) electrons. The molecule has 2 aliphatic heterocycles. The first-order valence-corrected chi connectivity index (χ1v) is 7.64. The van der Waals surface area contributed by atoms with Crippen LogP contribution in [0.3, 0.4) is 0 Å². The summed E-state index contributed by atoms with van der Waals surface area (Å²) in [6, 6.07) is 0.330. The monoisotopic (exact) mass is 341 g/mol. The van der Waals surface area contributed by atoms with Crippen LogP contribution in [-0.2, 0) is 9.53 Å². The maximum absolute atomic E-state index is 12.0. The zero-order chi connectivity index (χ0) is 13.5. The number of carbonyl (C=O) groups excluding carboxylic acids is 1. The van der Waals surface area contributed by atoms with Crippen LogP contribution in [0.1, 0.15) is 32.6 Å². The van der Waals surface area contributed by atoms with Gasteiger partial charge in [0.2, 0.25) is 0 Å². The van der Waals surface area contributed by atoms with Crippen LogP contribution in [-0.4, -0.2) is 62.3 Å². The molecule has 0 aromatic heterocycles. The molecule has 2 N–H and O–H groups in total. The first-order chi connectivity index (χ1) is 9.29. The van der Waals surface area contributed by atoms with Crippen LogP contribution < -0.4 is 10.6 Å². The number of hydrogen-bond acceptors (Lipinski definition) is 4. The summed E-state index contributed by atoms with van der Waals surface area (Å²) >= 11 is 0. The summed E-state index contributed by atoms with van der Waals surface area (Å²) in [5.74, 6) is 0.0548. The van der Waals surface area contributed by atoms with E-state index in [4.69, 9.17) is 4.74 Å². The van der Waals surface area contributed by atoms with Crippen LogP contribution in [0.4, 0.5) is 0 Å². The Kier molecular flexibility index (Phi) is 11.5. The number of unbranched alkanes of at least 4 members (excludes halogenated alkanes) is 1. The lowest BCUT2D eigenvalue weighted by molar-refractivity contribution is -0.135. The second-order valence-electron chi connectivity index (χ2n) is 5.54. The molecule has 0 saturated carbocycles. The van der Waals surface area contributed by atoms with Gasteiger partial charge >= 0.3 is 0 Å². The number of rotatable bonds is 5. The van der Waals surface area contributed by atoms with Crippen molar-refractivity contribution >= 4 is 30.7 Å². The lowest BCUT2D eigenvalue weighted by Crippen LogP contribution is -2.52. The molecule has 0 aliphatic carbocycles. The highest BCUT2D eigenvalue weighted by Crippen LogP contribution is 2.11. The normalized spacial score (nSPS) is 23.8. The molecule has 7 heteroatoms. The van der Waals surface area contributed by atoms with E-state index < -0.39 is 0 Å². The molecule has 2 saturated heterocycles. The molecule has 2 heterocycles. The van der Waals surface area contributed by atoms with Gasteiger partial charge in [0.25, 0.3) is 5.91 Å². The largest absolute Gasteiger partial charge is 0.366 e. The average Bonchev–Trinajstić information content (AvgIpc) is 2.47. The molecule has 2 rings (SSSR count). The van der Waals surface area contributed by atoms with Crippen molar-refractivity contribution in [2.75, 3.05) is 39.3 Å². The lowest BCUT2D eigenvalue weighted by Gasteiger charge is -2.33. The number of nitrogens with zero attached hydrogens (tertiary/aromatic N) is 1. The standard InChI is InChI=1S/C14H27N3O2.2ClH/c1-2-3-7-17-8-4-12(5-9-17)16-14(18)13-11-15-6-10-19-13;;/h12-13,15H,2-11H2,1H3,(H,16,18);2*1H. The van der Waals surface area contributed by atoms with Gasteiger partial charge in [-0.25, -0.2) is 0 Å². The van der Waals surface area contributed by atoms with E-state index in [2.05, 4.69) is 22.5 Å². The van der Waals surface area contributed by atoms with E-state index >= 15 is 0 Å². The SMILES string of the molecule is CCCCN1CCC(NC(=O)C2CNCCO2)CC1.Cl.Cl. The minimum atomic E-state index is -0.299. The van der Waals surface area contributed by atoms with Gasteiger partial charge in [-0.05, 0) is 25.8 Å². The van der Waals surface area contributed by atoms with E-state index in [9.17, 15) is 4.79 Å². The van der Waals surface area contributed by atoms with E-state index in [1.54, 1.807) is 0 Å². The van der Waals surface area contributed by atoms with Crippen molar-refractivity contribution in [3.05, 3.63) is 0 Å². The molecule has 0 aromatic carbocycles. The van der Waals surface area contributed by atoms with E-state index in [-0.39, 0.29) is 36.8 Å². The predicted octanol–water partition coefficient (Wildman–Crippen LogP) is 1.20. The number of morpholine rings is 1. The minimum Gasteiger partial charge on any atom is -0.366 e. The summed E-state index contributed by atoms with van der Waals surface area (Å²) in [7, 11) is 0. The first kappa shape index (κ1) is 20.9. The molecule has 1 amide bonds. The molecular weight excluding hydrogens is 313 g/mol. The molecule has 5 nitrogen and oxygen atoms in total. The molecular formula is C14H29Cl2N3O2. The molecule has 2 fully saturated rings. The van der Waals surface area contributed by atoms with Gasteiger partial charge in [0.15, 0.2) is 0 Å². The second kappa shape index (κ2) is 11.5. The maximum Gasteiger partial charge on any atom is 0.250 e. The first-order valence-electron chi connectivity index (χ1n) is 7.64. The number of halogens is 2. The molecule has 21 heavy (non-hydrogen) atoms. The van der Waals surface area contributed by atoms with Gasteiger partial charge in [-0.2, -0.15) is 0 Å². The van der Waals surface area contributed by atoms with Gasteiger partial charge in [-0.15, -0.1) is 24.8 Å². The Hall–Kier alpha value is -0.0700. The number of carbonyl (C=O) groups is 1.